The smallest absolute Gasteiger partial charge is 0.240 e. The maximum atomic E-state index is 11.4. The summed E-state index contributed by atoms with van der Waals surface area (Å²) in [4.78, 5) is 13.4. The minimum Gasteiger partial charge on any atom is -0.361 e. The van der Waals surface area contributed by atoms with Crippen LogP contribution in [-0.4, -0.2) is 30.1 Å². The largest absolute Gasteiger partial charge is 0.361 e. The van der Waals surface area contributed by atoms with Gasteiger partial charge in [0.1, 0.15) is 0 Å². The van der Waals surface area contributed by atoms with Crippen LogP contribution in [0.3, 0.4) is 0 Å². The zero-order chi connectivity index (χ0) is 10.7. The van der Waals surface area contributed by atoms with Gasteiger partial charge in [-0.2, -0.15) is 0 Å². The van der Waals surface area contributed by atoms with E-state index in [0.717, 1.165) is 0 Å². The second kappa shape index (κ2) is 4.31. The van der Waals surface area contributed by atoms with Crippen LogP contribution in [-0.2, 0) is 4.79 Å². The SMILES string of the molecule is NCNC(=O)CN1C=CC2C=CC=CC21. The topological polar surface area (TPSA) is 58.4 Å². The number of hydrogen-bond donors (Lipinski definition) is 2. The lowest BCUT2D eigenvalue weighted by molar-refractivity contribution is -0.121. The maximum Gasteiger partial charge on any atom is 0.240 e. The highest BCUT2D eigenvalue weighted by Crippen LogP contribution is 2.25. The van der Waals surface area contributed by atoms with E-state index < -0.39 is 0 Å². The molecular weight excluding hydrogens is 190 g/mol. The quantitative estimate of drug-likeness (QED) is 0.636. The summed E-state index contributed by atoms with van der Waals surface area (Å²) >= 11 is 0. The molecule has 0 aromatic carbocycles. The van der Waals surface area contributed by atoms with Gasteiger partial charge in [-0.3, -0.25) is 4.79 Å². The van der Waals surface area contributed by atoms with Crippen molar-refractivity contribution in [3.63, 3.8) is 0 Å². The van der Waals surface area contributed by atoms with Gasteiger partial charge in [-0.15, -0.1) is 0 Å². The Morgan fingerprint density at radius 2 is 2.13 bits per heavy atom. The molecule has 2 atom stereocenters. The van der Waals surface area contributed by atoms with Crippen molar-refractivity contribution in [1.82, 2.24) is 10.2 Å². The lowest BCUT2D eigenvalue weighted by Gasteiger charge is -2.26. The average molecular weight is 205 g/mol. The molecule has 4 heteroatoms. The fourth-order valence-electron chi connectivity index (χ4n) is 1.93. The summed E-state index contributed by atoms with van der Waals surface area (Å²) in [6.07, 6.45) is 12.4. The van der Waals surface area contributed by atoms with Crippen LogP contribution in [0.5, 0.6) is 0 Å². The van der Waals surface area contributed by atoms with Gasteiger partial charge in [-0.25, -0.2) is 0 Å². The minimum absolute atomic E-state index is 0.0363. The molecule has 0 bridgehead atoms. The summed E-state index contributed by atoms with van der Waals surface area (Å²) in [5.41, 5.74) is 5.24. The average Bonchev–Trinajstić information content (AvgIpc) is 2.62. The van der Waals surface area contributed by atoms with Crippen molar-refractivity contribution in [2.45, 2.75) is 6.04 Å². The zero-order valence-corrected chi connectivity index (χ0v) is 8.47. The summed E-state index contributed by atoms with van der Waals surface area (Å²) in [7, 11) is 0. The first-order valence-electron chi connectivity index (χ1n) is 5.07. The molecule has 80 valence electrons. The molecule has 4 nitrogen and oxygen atoms in total. The predicted molar refractivity (Wildman–Crippen MR) is 58.6 cm³/mol. The second-order valence-electron chi connectivity index (χ2n) is 3.66. The van der Waals surface area contributed by atoms with E-state index in [2.05, 4.69) is 23.5 Å². The Hall–Kier alpha value is -1.55. The van der Waals surface area contributed by atoms with Crippen LogP contribution in [0.15, 0.2) is 36.6 Å². The van der Waals surface area contributed by atoms with Crippen LogP contribution in [0.2, 0.25) is 0 Å². The first kappa shape index (κ1) is 9.98. The second-order valence-corrected chi connectivity index (χ2v) is 3.66. The number of carbonyl (C=O) groups is 1. The van der Waals surface area contributed by atoms with Gasteiger partial charge >= 0.3 is 0 Å². The van der Waals surface area contributed by atoms with E-state index in [1.807, 2.05) is 23.3 Å². The maximum absolute atomic E-state index is 11.4. The Morgan fingerprint density at radius 3 is 2.93 bits per heavy atom. The Morgan fingerprint density at radius 1 is 1.33 bits per heavy atom. The summed E-state index contributed by atoms with van der Waals surface area (Å²) in [6, 6.07) is 0.290. The van der Waals surface area contributed by atoms with Gasteiger partial charge in [-0.1, -0.05) is 30.4 Å². The fraction of sp³-hybridized carbons (Fsp3) is 0.364. The molecule has 3 N–H and O–H groups in total. The normalized spacial score (nSPS) is 26.9. The van der Waals surface area contributed by atoms with Crippen LogP contribution in [0.25, 0.3) is 0 Å². The number of nitrogens with two attached hydrogens (primary N) is 1. The Bertz CT molecular complexity index is 333. The van der Waals surface area contributed by atoms with E-state index >= 15 is 0 Å². The monoisotopic (exact) mass is 205 g/mol. The van der Waals surface area contributed by atoms with Gasteiger partial charge in [0.05, 0.1) is 19.3 Å². The Kier molecular flexibility index (Phi) is 2.87. The van der Waals surface area contributed by atoms with Crippen molar-refractivity contribution >= 4 is 5.91 Å². The molecule has 2 aliphatic rings. The summed E-state index contributed by atoms with van der Waals surface area (Å²) < 4.78 is 0. The molecule has 0 saturated carbocycles. The molecule has 0 aromatic heterocycles. The van der Waals surface area contributed by atoms with E-state index in [9.17, 15) is 4.79 Å². The molecule has 0 radical (unpaired) electrons. The van der Waals surface area contributed by atoms with Crippen molar-refractivity contribution < 1.29 is 4.79 Å². The van der Waals surface area contributed by atoms with Crippen molar-refractivity contribution in [1.29, 1.82) is 0 Å². The number of nitrogens with zero attached hydrogens (tertiary/aromatic N) is 1. The standard InChI is InChI=1S/C11H15N3O/c12-8-13-11(15)7-14-6-5-9-3-1-2-4-10(9)14/h1-6,9-10H,7-8,12H2,(H,13,15). The van der Waals surface area contributed by atoms with Gasteiger partial charge in [0, 0.05) is 5.92 Å². The molecule has 1 aliphatic carbocycles. The van der Waals surface area contributed by atoms with Crippen LogP contribution in [0.4, 0.5) is 0 Å². The number of hydrogen-bond acceptors (Lipinski definition) is 3. The van der Waals surface area contributed by atoms with E-state index in [1.54, 1.807) is 0 Å². The van der Waals surface area contributed by atoms with E-state index in [-0.39, 0.29) is 12.6 Å². The highest BCUT2D eigenvalue weighted by Gasteiger charge is 2.27. The Labute approximate surface area is 89.1 Å². The van der Waals surface area contributed by atoms with E-state index in [1.165, 1.54) is 0 Å². The fourth-order valence-corrected chi connectivity index (χ4v) is 1.93. The molecule has 1 amide bonds. The number of nitrogens with one attached hydrogen (secondary N) is 1. The van der Waals surface area contributed by atoms with E-state index in [0.29, 0.717) is 18.5 Å². The van der Waals surface area contributed by atoms with Gasteiger partial charge < -0.3 is 16.0 Å². The summed E-state index contributed by atoms with van der Waals surface area (Å²) in [5.74, 6) is 0.367. The van der Waals surface area contributed by atoms with Crippen LogP contribution < -0.4 is 11.1 Å². The molecular formula is C11H15N3O. The molecule has 0 spiro atoms. The lowest BCUT2D eigenvalue weighted by Crippen LogP contribution is -2.41. The van der Waals surface area contributed by atoms with Crippen molar-refractivity contribution in [2.24, 2.45) is 11.7 Å². The molecule has 0 aromatic rings. The van der Waals surface area contributed by atoms with E-state index in [4.69, 9.17) is 5.73 Å². The number of amides is 1. The number of allylic oxidation sites excluding steroid dienone is 2. The third-order valence-corrected chi connectivity index (χ3v) is 2.66. The van der Waals surface area contributed by atoms with Crippen molar-refractivity contribution in [3.05, 3.63) is 36.6 Å². The third-order valence-electron chi connectivity index (χ3n) is 2.66. The van der Waals surface area contributed by atoms with Gasteiger partial charge in [0.25, 0.3) is 0 Å². The first-order valence-corrected chi connectivity index (χ1v) is 5.07. The molecule has 2 unspecified atom stereocenters. The Balaban J connectivity index is 1.95. The highest BCUT2D eigenvalue weighted by molar-refractivity contribution is 5.78. The number of rotatable bonds is 3. The van der Waals surface area contributed by atoms with Gasteiger partial charge in [-0.05, 0) is 6.20 Å². The molecule has 1 heterocycles. The summed E-state index contributed by atoms with van der Waals surface area (Å²) in [5, 5.41) is 2.59. The first-order chi connectivity index (χ1) is 7.31. The summed E-state index contributed by atoms with van der Waals surface area (Å²) in [6.45, 7) is 0.563. The zero-order valence-electron chi connectivity index (χ0n) is 8.47. The molecule has 1 aliphatic heterocycles. The van der Waals surface area contributed by atoms with Gasteiger partial charge in [0.15, 0.2) is 0 Å². The molecule has 0 fully saturated rings. The number of carbonyl (C=O) groups excluding carboxylic acids is 1. The lowest BCUT2D eigenvalue weighted by atomic mass is 9.97. The molecule has 15 heavy (non-hydrogen) atoms. The van der Waals surface area contributed by atoms with Gasteiger partial charge in [0.2, 0.25) is 5.91 Å². The van der Waals surface area contributed by atoms with Crippen LogP contribution >= 0.6 is 0 Å². The molecule has 2 rings (SSSR count). The van der Waals surface area contributed by atoms with Crippen LogP contribution in [0.1, 0.15) is 0 Å². The third kappa shape index (κ3) is 2.10. The number of fused-ring (bicyclic) bond motifs is 1. The van der Waals surface area contributed by atoms with Crippen molar-refractivity contribution in [3.8, 4) is 0 Å². The predicted octanol–water partition coefficient (Wildman–Crippen LogP) is -0.0411. The minimum atomic E-state index is -0.0363. The highest BCUT2D eigenvalue weighted by atomic mass is 16.2. The van der Waals surface area contributed by atoms with Crippen LogP contribution in [0, 0.1) is 5.92 Å². The molecule has 0 saturated heterocycles. The van der Waals surface area contributed by atoms with Crippen molar-refractivity contribution in [2.75, 3.05) is 13.2 Å².